The Morgan fingerprint density at radius 3 is 2.48 bits per heavy atom. The van der Waals surface area contributed by atoms with Crippen LogP contribution in [0.3, 0.4) is 0 Å². The number of rotatable bonds is 4. The number of carbonyl (C=O) groups excluding carboxylic acids is 1. The lowest BCUT2D eigenvalue weighted by molar-refractivity contribution is -0.130. The molecular weight excluding hydrogens is 295 g/mol. The molecule has 1 aromatic carbocycles. The maximum Gasteiger partial charge on any atom is 0.246 e. The van der Waals surface area contributed by atoms with E-state index in [1.54, 1.807) is 4.90 Å². The van der Waals surface area contributed by atoms with Crippen LogP contribution in [-0.4, -0.2) is 44.6 Å². The quantitative estimate of drug-likeness (QED) is 0.848. The average Bonchev–Trinajstić information content (AvgIpc) is 2.90. The second-order valence-electron chi connectivity index (χ2n) is 5.25. The average molecular weight is 314 g/mol. The highest BCUT2D eigenvalue weighted by Crippen LogP contribution is 2.23. The Kier molecular flexibility index (Phi) is 4.51. The van der Waals surface area contributed by atoms with Gasteiger partial charge in [0.2, 0.25) is 15.9 Å². The van der Waals surface area contributed by atoms with E-state index < -0.39 is 21.9 Å². The SMILES string of the molecule is C[C@H](C(=O)N1CCCC1)N(c1cccc(F)c1)S(C)(=O)=O. The summed E-state index contributed by atoms with van der Waals surface area (Å²) < 4.78 is 38.4. The number of sulfonamides is 1. The monoisotopic (exact) mass is 314 g/mol. The summed E-state index contributed by atoms with van der Waals surface area (Å²) in [5.74, 6) is -0.788. The molecule has 0 saturated carbocycles. The zero-order chi connectivity index (χ0) is 15.6. The minimum Gasteiger partial charge on any atom is -0.341 e. The summed E-state index contributed by atoms with van der Waals surface area (Å²) >= 11 is 0. The van der Waals surface area contributed by atoms with E-state index >= 15 is 0 Å². The van der Waals surface area contributed by atoms with E-state index in [0.29, 0.717) is 13.1 Å². The molecule has 1 heterocycles. The second-order valence-corrected chi connectivity index (χ2v) is 7.11. The van der Waals surface area contributed by atoms with Crippen molar-refractivity contribution in [2.75, 3.05) is 23.7 Å². The van der Waals surface area contributed by atoms with Crippen molar-refractivity contribution in [3.05, 3.63) is 30.1 Å². The Morgan fingerprint density at radius 1 is 1.33 bits per heavy atom. The number of carbonyl (C=O) groups is 1. The van der Waals surface area contributed by atoms with E-state index in [9.17, 15) is 17.6 Å². The van der Waals surface area contributed by atoms with E-state index in [-0.39, 0.29) is 11.6 Å². The highest BCUT2D eigenvalue weighted by atomic mass is 32.2. The van der Waals surface area contributed by atoms with E-state index in [1.807, 2.05) is 0 Å². The fraction of sp³-hybridized carbons (Fsp3) is 0.500. The fourth-order valence-electron chi connectivity index (χ4n) is 2.62. The van der Waals surface area contributed by atoms with Gasteiger partial charge in [0.25, 0.3) is 0 Å². The van der Waals surface area contributed by atoms with E-state index in [1.165, 1.54) is 25.1 Å². The maximum absolute atomic E-state index is 13.4. The molecule has 1 saturated heterocycles. The van der Waals surface area contributed by atoms with Crippen molar-refractivity contribution >= 4 is 21.6 Å². The summed E-state index contributed by atoms with van der Waals surface area (Å²) in [6.07, 6.45) is 2.88. The smallest absolute Gasteiger partial charge is 0.246 e. The van der Waals surface area contributed by atoms with E-state index in [0.717, 1.165) is 29.5 Å². The molecule has 1 amide bonds. The Labute approximate surface area is 124 Å². The fourth-order valence-corrected chi connectivity index (χ4v) is 3.78. The van der Waals surface area contributed by atoms with Gasteiger partial charge in [0.05, 0.1) is 11.9 Å². The van der Waals surface area contributed by atoms with Gasteiger partial charge < -0.3 is 4.90 Å². The molecule has 0 bridgehead atoms. The summed E-state index contributed by atoms with van der Waals surface area (Å²) in [6, 6.07) is 4.37. The summed E-state index contributed by atoms with van der Waals surface area (Å²) in [6.45, 7) is 2.82. The molecule has 1 aliphatic heterocycles. The molecule has 0 unspecified atom stereocenters. The van der Waals surface area contributed by atoms with E-state index in [4.69, 9.17) is 0 Å². The first-order valence-electron chi connectivity index (χ1n) is 6.84. The molecule has 1 fully saturated rings. The highest BCUT2D eigenvalue weighted by Gasteiger charge is 2.33. The first kappa shape index (κ1) is 15.8. The largest absolute Gasteiger partial charge is 0.341 e. The van der Waals surface area contributed by atoms with Gasteiger partial charge in [-0.05, 0) is 38.0 Å². The Bertz CT molecular complexity index is 627. The van der Waals surface area contributed by atoms with Crippen molar-refractivity contribution in [2.24, 2.45) is 0 Å². The lowest BCUT2D eigenvalue weighted by atomic mass is 10.2. The minimum atomic E-state index is -3.69. The summed E-state index contributed by atoms with van der Waals surface area (Å²) in [4.78, 5) is 14.1. The molecular formula is C14H19FN2O3S. The Balaban J connectivity index is 2.34. The van der Waals surface area contributed by atoms with E-state index in [2.05, 4.69) is 0 Å². The van der Waals surface area contributed by atoms with Crippen LogP contribution in [0.2, 0.25) is 0 Å². The van der Waals surface area contributed by atoms with Crippen LogP contribution >= 0.6 is 0 Å². The molecule has 2 rings (SSSR count). The van der Waals surface area contributed by atoms with Crippen LogP contribution in [0, 0.1) is 5.82 Å². The first-order valence-corrected chi connectivity index (χ1v) is 8.69. The first-order chi connectivity index (χ1) is 9.80. The molecule has 1 aromatic rings. The number of halogens is 1. The third-order valence-electron chi connectivity index (χ3n) is 3.55. The minimum absolute atomic E-state index is 0.164. The van der Waals surface area contributed by atoms with Crippen molar-refractivity contribution in [2.45, 2.75) is 25.8 Å². The van der Waals surface area contributed by atoms with Gasteiger partial charge in [0, 0.05) is 13.1 Å². The summed E-state index contributed by atoms with van der Waals surface area (Å²) in [5.41, 5.74) is 0.164. The molecule has 0 spiro atoms. The van der Waals surface area contributed by atoms with Crippen molar-refractivity contribution in [3.63, 3.8) is 0 Å². The van der Waals surface area contributed by atoms with Gasteiger partial charge in [0.15, 0.2) is 0 Å². The molecule has 0 aromatic heterocycles. The molecule has 0 radical (unpaired) electrons. The van der Waals surface area contributed by atoms with Crippen molar-refractivity contribution in [1.29, 1.82) is 0 Å². The van der Waals surface area contributed by atoms with Crippen molar-refractivity contribution in [3.8, 4) is 0 Å². The third kappa shape index (κ3) is 3.53. The molecule has 1 aliphatic rings. The molecule has 0 aliphatic carbocycles. The predicted molar refractivity (Wildman–Crippen MR) is 79.0 cm³/mol. The zero-order valence-corrected chi connectivity index (χ0v) is 12.9. The van der Waals surface area contributed by atoms with Gasteiger partial charge in [0.1, 0.15) is 11.9 Å². The standard InChI is InChI=1S/C14H19FN2O3S/c1-11(14(18)16-8-3-4-9-16)17(21(2,19)20)13-7-5-6-12(15)10-13/h5-7,10-11H,3-4,8-9H2,1-2H3/t11-/m1/s1. The number of hydrogen-bond acceptors (Lipinski definition) is 3. The van der Waals surface area contributed by atoms with Gasteiger partial charge in [-0.25, -0.2) is 12.8 Å². The lowest BCUT2D eigenvalue weighted by Crippen LogP contribution is -2.48. The topological polar surface area (TPSA) is 57.7 Å². The van der Waals surface area contributed by atoms with Gasteiger partial charge in [-0.3, -0.25) is 9.10 Å². The molecule has 5 nitrogen and oxygen atoms in total. The maximum atomic E-state index is 13.4. The molecule has 116 valence electrons. The number of hydrogen-bond donors (Lipinski definition) is 0. The van der Waals surface area contributed by atoms with Gasteiger partial charge in [-0.2, -0.15) is 0 Å². The summed E-state index contributed by atoms with van der Waals surface area (Å²) in [5, 5.41) is 0. The van der Waals surface area contributed by atoms with Gasteiger partial charge in [-0.1, -0.05) is 6.07 Å². The zero-order valence-electron chi connectivity index (χ0n) is 12.1. The van der Waals surface area contributed by atoms with Crippen LogP contribution in [0.1, 0.15) is 19.8 Å². The van der Waals surface area contributed by atoms with Gasteiger partial charge in [-0.15, -0.1) is 0 Å². The number of amides is 1. The van der Waals surface area contributed by atoms with Crippen LogP contribution in [0.4, 0.5) is 10.1 Å². The van der Waals surface area contributed by atoms with Crippen LogP contribution in [-0.2, 0) is 14.8 Å². The molecule has 7 heteroatoms. The summed E-state index contributed by atoms with van der Waals surface area (Å²) in [7, 11) is -3.69. The van der Waals surface area contributed by atoms with Crippen LogP contribution in [0.15, 0.2) is 24.3 Å². The lowest BCUT2D eigenvalue weighted by Gasteiger charge is -2.31. The Hall–Kier alpha value is -1.63. The molecule has 1 atom stereocenters. The van der Waals surface area contributed by atoms with Crippen LogP contribution in [0.5, 0.6) is 0 Å². The molecule has 0 N–H and O–H groups in total. The second kappa shape index (κ2) is 6.01. The third-order valence-corrected chi connectivity index (χ3v) is 4.79. The predicted octanol–water partition coefficient (Wildman–Crippen LogP) is 1.60. The number of nitrogens with zero attached hydrogens (tertiary/aromatic N) is 2. The highest BCUT2D eigenvalue weighted by molar-refractivity contribution is 7.92. The molecule has 21 heavy (non-hydrogen) atoms. The van der Waals surface area contributed by atoms with Crippen LogP contribution < -0.4 is 4.31 Å². The number of benzene rings is 1. The normalized spacial score (nSPS) is 16.8. The van der Waals surface area contributed by atoms with Crippen molar-refractivity contribution < 1.29 is 17.6 Å². The Morgan fingerprint density at radius 2 is 1.95 bits per heavy atom. The number of anilines is 1. The van der Waals surface area contributed by atoms with Crippen LogP contribution in [0.25, 0.3) is 0 Å². The van der Waals surface area contributed by atoms with Gasteiger partial charge >= 0.3 is 0 Å². The number of likely N-dealkylation sites (tertiary alicyclic amines) is 1. The van der Waals surface area contributed by atoms with Crippen molar-refractivity contribution in [1.82, 2.24) is 4.90 Å².